The van der Waals surface area contributed by atoms with Gasteiger partial charge in [-0.25, -0.2) is 8.78 Å². The zero-order valence-electron chi connectivity index (χ0n) is 14.7. The molecule has 0 amide bonds. The molecule has 2 aromatic rings. The van der Waals surface area contributed by atoms with Crippen molar-refractivity contribution in [1.29, 1.82) is 0 Å². The molecule has 2 unspecified atom stereocenters. The van der Waals surface area contributed by atoms with E-state index in [0.717, 1.165) is 36.7 Å². The van der Waals surface area contributed by atoms with Gasteiger partial charge in [-0.1, -0.05) is 13.3 Å². The van der Waals surface area contributed by atoms with E-state index in [-0.39, 0.29) is 5.75 Å². The molecule has 3 aliphatic heterocycles. The number of rotatable bonds is 2. The van der Waals surface area contributed by atoms with Gasteiger partial charge in [-0.05, 0) is 36.7 Å². The van der Waals surface area contributed by atoms with Crippen molar-refractivity contribution in [2.75, 3.05) is 20.2 Å². The average Bonchev–Trinajstić information content (AvgIpc) is 2.98. The van der Waals surface area contributed by atoms with E-state index < -0.39 is 11.6 Å². The van der Waals surface area contributed by atoms with E-state index in [1.54, 1.807) is 0 Å². The molecular formula is C20H24F2N2O. The zero-order chi connectivity index (χ0) is 17.3. The summed E-state index contributed by atoms with van der Waals surface area (Å²) in [4.78, 5) is 5.92. The number of benzene rings is 1. The van der Waals surface area contributed by atoms with Crippen molar-refractivity contribution in [2.24, 2.45) is 11.8 Å². The second-order valence-corrected chi connectivity index (χ2v) is 7.99. The summed E-state index contributed by atoms with van der Waals surface area (Å²) >= 11 is 0. The van der Waals surface area contributed by atoms with Crippen LogP contribution in [0, 0.1) is 23.5 Å². The lowest BCUT2D eigenvalue weighted by molar-refractivity contribution is -0.0134. The van der Waals surface area contributed by atoms with Crippen LogP contribution < -0.4 is 4.74 Å². The van der Waals surface area contributed by atoms with Gasteiger partial charge in [0.15, 0.2) is 17.4 Å². The molecule has 4 aliphatic rings. The number of methoxy groups -OCH3 is 1. The highest BCUT2D eigenvalue weighted by molar-refractivity contribution is 5.88. The number of piperidine rings is 2. The molecule has 2 saturated heterocycles. The summed E-state index contributed by atoms with van der Waals surface area (Å²) in [6.45, 7) is 4.38. The topological polar surface area (TPSA) is 28.3 Å². The van der Waals surface area contributed by atoms with E-state index in [4.69, 9.17) is 4.74 Å². The van der Waals surface area contributed by atoms with Crippen LogP contribution in [0.25, 0.3) is 10.9 Å². The molecule has 25 heavy (non-hydrogen) atoms. The van der Waals surface area contributed by atoms with Crippen molar-refractivity contribution in [1.82, 2.24) is 9.88 Å². The fourth-order valence-corrected chi connectivity index (χ4v) is 5.92. The predicted octanol–water partition coefficient (Wildman–Crippen LogP) is 4.21. The Balaban J connectivity index is 1.73. The van der Waals surface area contributed by atoms with Gasteiger partial charge in [0.2, 0.25) is 0 Å². The zero-order valence-corrected chi connectivity index (χ0v) is 14.7. The minimum absolute atomic E-state index is 0.00715. The van der Waals surface area contributed by atoms with Crippen LogP contribution in [0.15, 0.2) is 6.07 Å². The molecule has 1 N–H and O–H groups in total. The molecule has 6 rings (SSSR count). The molecule has 134 valence electrons. The Bertz CT molecular complexity index is 846. The number of halogens is 2. The third-order valence-corrected chi connectivity index (χ3v) is 6.87. The van der Waals surface area contributed by atoms with Crippen LogP contribution in [0.4, 0.5) is 8.78 Å². The van der Waals surface area contributed by atoms with Gasteiger partial charge in [0.05, 0.1) is 12.6 Å². The molecule has 1 saturated carbocycles. The van der Waals surface area contributed by atoms with Gasteiger partial charge >= 0.3 is 0 Å². The third kappa shape index (κ3) is 2.05. The molecule has 0 radical (unpaired) electrons. The maximum absolute atomic E-state index is 15.0. The molecule has 3 fully saturated rings. The molecular weight excluding hydrogens is 322 g/mol. The standard InChI is InChI=1S/C20H24F2N2O/c1-3-11-6-10-7-13-18-12(4-5-24(9-10)20(11)13)16-17(22)15(25-2)8-14(21)19(16)23-18/h8,10-11,13,20,23H,3-7,9H2,1-2H3/t10-,11+,13+,20?/m1/s1. The van der Waals surface area contributed by atoms with Crippen LogP contribution >= 0.6 is 0 Å². The molecule has 5 atom stereocenters. The smallest absolute Gasteiger partial charge is 0.174 e. The summed E-state index contributed by atoms with van der Waals surface area (Å²) in [7, 11) is 1.39. The quantitative estimate of drug-likeness (QED) is 0.882. The highest BCUT2D eigenvalue weighted by Crippen LogP contribution is 2.51. The van der Waals surface area contributed by atoms with E-state index in [1.165, 1.54) is 26.5 Å². The van der Waals surface area contributed by atoms with Gasteiger partial charge < -0.3 is 9.72 Å². The number of aromatic amines is 1. The highest BCUT2D eigenvalue weighted by atomic mass is 19.1. The molecule has 3 nitrogen and oxygen atoms in total. The summed E-state index contributed by atoms with van der Waals surface area (Å²) in [5, 5.41) is 0.407. The number of fused-ring (bicyclic) bond motifs is 4. The van der Waals surface area contributed by atoms with E-state index >= 15 is 0 Å². The van der Waals surface area contributed by atoms with Crippen molar-refractivity contribution in [3.05, 3.63) is 29.0 Å². The number of H-pyrrole nitrogens is 1. The maximum Gasteiger partial charge on any atom is 0.174 e. The normalized spacial score (nSPS) is 33.4. The first kappa shape index (κ1) is 15.6. The van der Waals surface area contributed by atoms with Crippen molar-refractivity contribution in [3.8, 4) is 5.75 Å². The lowest BCUT2D eigenvalue weighted by atomic mass is 9.65. The molecule has 0 spiro atoms. The molecule has 1 aromatic carbocycles. The number of nitrogens with zero attached hydrogens (tertiary/aromatic N) is 1. The van der Waals surface area contributed by atoms with Crippen LogP contribution in [-0.4, -0.2) is 36.1 Å². The first-order chi connectivity index (χ1) is 12.1. The Kier molecular flexibility index (Phi) is 3.40. The monoisotopic (exact) mass is 346 g/mol. The van der Waals surface area contributed by atoms with Crippen molar-refractivity contribution in [2.45, 2.75) is 44.6 Å². The minimum atomic E-state index is -0.431. The third-order valence-electron chi connectivity index (χ3n) is 6.87. The second kappa shape index (κ2) is 5.44. The Morgan fingerprint density at radius 2 is 2.16 bits per heavy atom. The van der Waals surface area contributed by atoms with Crippen LogP contribution in [0.1, 0.15) is 43.4 Å². The summed E-state index contributed by atoms with van der Waals surface area (Å²) in [5.41, 5.74) is 2.36. The maximum atomic E-state index is 15.0. The fraction of sp³-hybridized carbons (Fsp3) is 0.600. The lowest BCUT2D eigenvalue weighted by Gasteiger charge is -2.53. The molecule has 1 aliphatic carbocycles. The molecule has 5 heteroatoms. The predicted molar refractivity (Wildman–Crippen MR) is 93.1 cm³/mol. The van der Waals surface area contributed by atoms with E-state index in [2.05, 4.69) is 16.8 Å². The van der Waals surface area contributed by atoms with Crippen molar-refractivity contribution in [3.63, 3.8) is 0 Å². The Morgan fingerprint density at radius 3 is 2.92 bits per heavy atom. The lowest BCUT2D eigenvalue weighted by Crippen LogP contribution is -2.56. The van der Waals surface area contributed by atoms with E-state index in [0.29, 0.717) is 34.7 Å². The number of hydrogen-bond acceptors (Lipinski definition) is 2. The van der Waals surface area contributed by atoms with Crippen molar-refractivity contribution >= 4 is 10.9 Å². The second-order valence-electron chi connectivity index (χ2n) is 7.99. The van der Waals surface area contributed by atoms with E-state index in [9.17, 15) is 8.78 Å². The summed E-state index contributed by atoms with van der Waals surface area (Å²) in [6.07, 6.45) is 4.40. The average molecular weight is 346 g/mol. The Labute approximate surface area is 146 Å². The SMILES string of the molecule is CC[C@H]1C[C@@H]2C[C@H]3c4[nH]c5c(F)cc(OC)c(F)c5c4CCN(C2)C13. The summed E-state index contributed by atoms with van der Waals surface area (Å²) < 4.78 is 34.6. The fourth-order valence-electron chi connectivity index (χ4n) is 5.92. The largest absolute Gasteiger partial charge is 0.494 e. The molecule has 4 heterocycles. The van der Waals surface area contributed by atoms with Crippen LogP contribution in [-0.2, 0) is 6.42 Å². The van der Waals surface area contributed by atoms with Gasteiger partial charge in [-0.15, -0.1) is 0 Å². The first-order valence-corrected chi connectivity index (χ1v) is 9.42. The highest BCUT2D eigenvalue weighted by Gasteiger charge is 2.49. The minimum Gasteiger partial charge on any atom is -0.494 e. The Morgan fingerprint density at radius 1 is 1.32 bits per heavy atom. The van der Waals surface area contributed by atoms with Gasteiger partial charge in [0, 0.05) is 42.2 Å². The van der Waals surface area contributed by atoms with Crippen molar-refractivity contribution < 1.29 is 13.5 Å². The van der Waals surface area contributed by atoms with Gasteiger partial charge in [-0.2, -0.15) is 0 Å². The summed E-state index contributed by atoms with van der Waals surface area (Å²) in [6, 6.07) is 1.67. The molecule has 4 bridgehead atoms. The summed E-state index contributed by atoms with van der Waals surface area (Å²) in [5.74, 6) is 0.909. The van der Waals surface area contributed by atoms with Crippen LogP contribution in [0.3, 0.4) is 0 Å². The van der Waals surface area contributed by atoms with Gasteiger partial charge in [0.1, 0.15) is 0 Å². The number of aromatic nitrogens is 1. The first-order valence-electron chi connectivity index (χ1n) is 9.42. The Hall–Kier alpha value is -1.62. The van der Waals surface area contributed by atoms with Crippen LogP contribution in [0.2, 0.25) is 0 Å². The number of hydrogen-bond donors (Lipinski definition) is 1. The van der Waals surface area contributed by atoms with E-state index in [1.807, 2.05) is 0 Å². The molecule has 1 aromatic heterocycles. The van der Waals surface area contributed by atoms with Crippen LogP contribution in [0.5, 0.6) is 5.75 Å². The number of nitrogens with one attached hydrogen (secondary N) is 1. The van der Waals surface area contributed by atoms with Gasteiger partial charge in [-0.3, -0.25) is 4.90 Å². The van der Waals surface area contributed by atoms with Gasteiger partial charge in [0.25, 0.3) is 0 Å². The number of ether oxygens (including phenoxy) is 1.